The number of benzene rings is 1. The van der Waals surface area contributed by atoms with Crippen LogP contribution in [0.4, 0.5) is 0 Å². The lowest BCUT2D eigenvalue weighted by Gasteiger charge is -2.34. The Morgan fingerprint density at radius 3 is 2.54 bits per heavy atom. The molecular weight excluding hydrogens is 375 g/mol. The van der Waals surface area contributed by atoms with Gasteiger partial charge in [-0.05, 0) is 32.0 Å². The number of amides is 1. The van der Waals surface area contributed by atoms with Crippen LogP contribution >= 0.6 is 23.2 Å². The summed E-state index contributed by atoms with van der Waals surface area (Å²) in [5.41, 5.74) is 0.662. The molecule has 2 heterocycles. The van der Waals surface area contributed by atoms with Gasteiger partial charge in [0.25, 0.3) is 5.91 Å². The molecule has 0 aliphatic carbocycles. The number of nitrogens with zero attached hydrogens (tertiary/aromatic N) is 2. The number of hydrogen-bond acceptors (Lipinski definition) is 4. The highest BCUT2D eigenvalue weighted by atomic mass is 35.5. The number of furan rings is 1. The van der Waals surface area contributed by atoms with E-state index in [9.17, 15) is 4.79 Å². The SMILES string of the molecule is Cc1cc(C(=O)N2CCN(CCOc3cc(Cl)ccc3Cl)CC2)c(C)o1. The van der Waals surface area contributed by atoms with Gasteiger partial charge >= 0.3 is 0 Å². The first kappa shape index (κ1) is 19.1. The van der Waals surface area contributed by atoms with Crippen molar-refractivity contribution in [1.82, 2.24) is 9.80 Å². The molecule has 1 aliphatic heterocycles. The maximum Gasteiger partial charge on any atom is 0.257 e. The van der Waals surface area contributed by atoms with Gasteiger partial charge in [0.05, 0.1) is 10.6 Å². The summed E-state index contributed by atoms with van der Waals surface area (Å²) in [6, 6.07) is 6.99. The summed E-state index contributed by atoms with van der Waals surface area (Å²) in [6.45, 7) is 7.99. The molecule has 26 heavy (non-hydrogen) atoms. The fourth-order valence-electron chi connectivity index (χ4n) is 3.06. The molecule has 0 N–H and O–H groups in total. The Morgan fingerprint density at radius 2 is 1.88 bits per heavy atom. The van der Waals surface area contributed by atoms with E-state index in [1.807, 2.05) is 24.8 Å². The van der Waals surface area contributed by atoms with E-state index in [-0.39, 0.29) is 5.91 Å². The number of carbonyl (C=O) groups excluding carboxylic acids is 1. The summed E-state index contributed by atoms with van der Waals surface area (Å²) in [7, 11) is 0. The van der Waals surface area contributed by atoms with Crippen LogP contribution in [0.1, 0.15) is 21.9 Å². The van der Waals surface area contributed by atoms with Crippen LogP contribution < -0.4 is 4.74 Å². The number of ether oxygens (including phenoxy) is 1. The second-order valence-electron chi connectivity index (χ2n) is 6.38. The molecule has 3 rings (SSSR count). The molecule has 1 fully saturated rings. The fraction of sp³-hybridized carbons (Fsp3) is 0.421. The van der Waals surface area contributed by atoms with Crippen molar-refractivity contribution < 1.29 is 13.9 Å². The molecule has 7 heteroatoms. The second-order valence-corrected chi connectivity index (χ2v) is 7.23. The normalized spacial score (nSPS) is 15.3. The predicted octanol–water partition coefficient (Wildman–Crippen LogP) is 4.04. The minimum Gasteiger partial charge on any atom is -0.491 e. The number of aryl methyl sites for hydroxylation is 2. The molecule has 0 atom stereocenters. The Labute approximate surface area is 163 Å². The minimum atomic E-state index is 0.0426. The van der Waals surface area contributed by atoms with Gasteiger partial charge in [-0.15, -0.1) is 0 Å². The molecule has 5 nitrogen and oxygen atoms in total. The van der Waals surface area contributed by atoms with E-state index >= 15 is 0 Å². The van der Waals surface area contributed by atoms with Crippen molar-refractivity contribution in [3.63, 3.8) is 0 Å². The van der Waals surface area contributed by atoms with Gasteiger partial charge in [0.15, 0.2) is 0 Å². The highest BCUT2D eigenvalue weighted by Crippen LogP contribution is 2.27. The van der Waals surface area contributed by atoms with E-state index in [0.29, 0.717) is 46.8 Å². The van der Waals surface area contributed by atoms with Crippen LogP contribution in [0.25, 0.3) is 0 Å². The smallest absolute Gasteiger partial charge is 0.257 e. The summed E-state index contributed by atoms with van der Waals surface area (Å²) in [4.78, 5) is 16.8. The lowest BCUT2D eigenvalue weighted by molar-refractivity contribution is 0.0618. The molecule has 0 unspecified atom stereocenters. The number of hydrogen-bond donors (Lipinski definition) is 0. The van der Waals surface area contributed by atoms with E-state index in [1.165, 1.54) is 0 Å². The maximum atomic E-state index is 12.6. The van der Waals surface area contributed by atoms with Crippen molar-refractivity contribution in [3.8, 4) is 5.75 Å². The maximum absolute atomic E-state index is 12.6. The minimum absolute atomic E-state index is 0.0426. The predicted molar refractivity (Wildman–Crippen MR) is 102 cm³/mol. The van der Waals surface area contributed by atoms with Crippen LogP contribution in [-0.4, -0.2) is 55.0 Å². The van der Waals surface area contributed by atoms with Crippen molar-refractivity contribution in [1.29, 1.82) is 0 Å². The Balaban J connectivity index is 1.46. The Bertz CT molecular complexity index is 783. The van der Waals surface area contributed by atoms with Crippen molar-refractivity contribution in [2.45, 2.75) is 13.8 Å². The van der Waals surface area contributed by atoms with E-state index in [0.717, 1.165) is 25.4 Å². The van der Waals surface area contributed by atoms with E-state index in [1.54, 1.807) is 18.2 Å². The summed E-state index contributed by atoms with van der Waals surface area (Å²) in [6.07, 6.45) is 0. The quantitative estimate of drug-likeness (QED) is 0.764. The van der Waals surface area contributed by atoms with E-state index in [2.05, 4.69) is 4.90 Å². The number of piperazine rings is 1. The van der Waals surface area contributed by atoms with Crippen LogP contribution in [0.3, 0.4) is 0 Å². The highest BCUT2D eigenvalue weighted by Gasteiger charge is 2.24. The third-order valence-corrected chi connectivity index (χ3v) is 5.04. The van der Waals surface area contributed by atoms with Gasteiger partial charge in [0.2, 0.25) is 0 Å². The first-order chi connectivity index (χ1) is 12.4. The van der Waals surface area contributed by atoms with E-state index in [4.69, 9.17) is 32.4 Å². The van der Waals surface area contributed by atoms with Crippen LogP contribution in [0.2, 0.25) is 10.0 Å². The summed E-state index contributed by atoms with van der Waals surface area (Å²) < 4.78 is 11.2. The summed E-state index contributed by atoms with van der Waals surface area (Å²) in [5.74, 6) is 2.09. The zero-order chi connectivity index (χ0) is 18.7. The molecule has 1 amide bonds. The van der Waals surface area contributed by atoms with Gasteiger partial charge in [-0.25, -0.2) is 0 Å². The molecule has 0 saturated carbocycles. The van der Waals surface area contributed by atoms with Crippen molar-refractivity contribution in [3.05, 3.63) is 51.4 Å². The van der Waals surface area contributed by atoms with Gasteiger partial charge in [-0.2, -0.15) is 0 Å². The van der Waals surface area contributed by atoms with Gasteiger partial charge in [0, 0.05) is 43.8 Å². The first-order valence-electron chi connectivity index (χ1n) is 8.60. The van der Waals surface area contributed by atoms with Crippen molar-refractivity contribution >= 4 is 29.1 Å². The van der Waals surface area contributed by atoms with E-state index < -0.39 is 0 Å². The number of halogens is 2. The van der Waals surface area contributed by atoms with Gasteiger partial charge in [-0.1, -0.05) is 23.2 Å². The lowest BCUT2D eigenvalue weighted by atomic mass is 10.2. The highest BCUT2D eigenvalue weighted by molar-refractivity contribution is 6.34. The summed E-state index contributed by atoms with van der Waals surface area (Å²) in [5, 5.41) is 1.15. The van der Waals surface area contributed by atoms with Gasteiger partial charge < -0.3 is 14.1 Å². The molecule has 140 valence electrons. The molecule has 1 aromatic carbocycles. The third kappa shape index (κ3) is 4.53. The van der Waals surface area contributed by atoms with Crippen LogP contribution in [0, 0.1) is 13.8 Å². The fourth-order valence-corrected chi connectivity index (χ4v) is 3.39. The molecule has 1 aliphatic rings. The zero-order valence-electron chi connectivity index (χ0n) is 14.9. The first-order valence-corrected chi connectivity index (χ1v) is 9.36. The van der Waals surface area contributed by atoms with Gasteiger partial charge in [-0.3, -0.25) is 9.69 Å². The summed E-state index contributed by atoms with van der Waals surface area (Å²) >= 11 is 12.1. The molecule has 2 aromatic rings. The molecule has 1 saturated heterocycles. The van der Waals surface area contributed by atoms with Crippen molar-refractivity contribution in [2.24, 2.45) is 0 Å². The Hall–Kier alpha value is -1.69. The molecule has 0 spiro atoms. The Morgan fingerprint density at radius 1 is 1.15 bits per heavy atom. The third-order valence-electron chi connectivity index (χ3n) is 4.49. The standard InChI is InChI=1S/C19H22Cl2N2O3/c1-13-11-16(14(2)26-13)19(24)23-7-5-22(6-8-23)9-10-25-18-12-15(20)3-4-17(18)21/h3-4,11-12H,5-10H2,1-2H3. The topological polar surface area (TPSA) is 45.9 Å². The largest absolute Gasteiger partial charge is 0.491 e. The Kier molecular flexibility index (Phi) is 6.12. The van der Waals surface area contributed by atoms with Crippen LogP contribution in [0.5, 0.6) is 5.75 Å². The lowest BCUT2D eigenvalue weighted by Crippen LogP contribution is -2.49. The van der Waals surface area contributed by atoms with Crippen LogP contribution in [-0.2, 0) is 0 Å². The molecule has 1 aromatic heterocycles. The molecule has 0 bridgehead atoms. The van der Waals surface area contributed by atoms with Gasteiger partial charge in [0.1, 0.15) is 23.9 Å². The molecule has 0 radical (unpaired) electrons. The average Bonchev–Trinajstić information content (AvgIpc) is 2.96. The average molecular weight is 397 g/mol. The number of carbonyl (C=O) groups is 1. The van der Waals surface area contributed by atoms with Crippen molar-refractivity contribution in [2.75, 3.05) is 39.3 Å². The zero-order valence-corrected chi connectivity index (χ0v) is 16.4. The van der Waals surface area contributed by atoms with Crippen LogP contribution in [0.15, 0.2) is 28.7 Å². The number of rotatable bonds is 5. The molecular formula is C19H22Cl2N2O3. The second kappa shape index (κ2) is 8.33. The monoisotopic (exact) mass is 396 g/mol.